The van der Waals surface area contributed by atoms with E-state index < -0.39 is 0 Å². The van der Waals surface area contributed by atoms with Gasteiger partial charge < -0.3 is 4.74 Å². The molecule has 0 N–H and O–H groups in total. The van der Waals surface area contributed by atoms with E-state index in [1.165, 1.54) is 17.8 Å². The molecule has 2 aromatic rings. The Labute approximate surface area is 115 Å². The summed E-state index contributed by atoms with van der Waals surface area (Å²) in [6, 6.07) is 14.0. The molecule has 0 aliphatic rings. The molecule has 19 heavy (non-hydrogen) atoms. The van der Waals surface area contributed by atoms with Crippen LogP contribution in [0.25, 0.3) is 0 Å². The minimum Gasteiger partial charge on any atom is -0.496 e. The molecular formula is C15H12FNOS. The minimum atomic E-state index is -0.233. The van der Waals surface area contributed by atoms with Gasteiger partial charge in [0, 0.05) is 16.2 Å². The van der Waals surface area contributed by atoms with Gasteiger partial charge in [-0.25, -0.2) is 4.39 Å². The van der Waals surface area contributed by atoms with Crippen LogP contribution < -0.4 is 4.74 Å². The molecule has 0 aromatic heterocycles. The molecule has 0 atom stereocenters. The van der Waals surface area contributed by atoms with Gasteiger partial charge in [-0.05, 0) is 30.3 Å². The largest absolute Gasteiger partial charge is 0.496 e. The lowest BCUT2D eigenvalue weighted by molar-refractivity contribution is 0.411. The zero-order valence-corrected chi connectivity index (χ0v) is 11.2. The van der Waals surface area contributed by atoms with Crippen LogP contribution in [0.3, 0.4) is 0 Å². The fraction of sp³-hybridized carbons (Fsp3) is 0.133. The number of halogens is 1. The summed E-state index contributed by atoms with van der Waals surface area (Å²) in [5, 5.41) is 8.90. The van der Waals surface area contributed by atoms with Crippen molar-refractivity contribution in [2.24, 2.45) is 0 Å². The summed E-state index contributed by atoms with van der Waals surface area (Å²) in [6.07, 6.45) is 0. The van der Waals surface area contributed by atoms with E-state index in [2.05, 4.69) is 6.07 Å². The highest BCUT2D eigenvalue weighted by molar-refractivity contribution is 7.98. The van der Waals surface area contributed by atoms with Crippen LogP contribution in [0.15, 0.2) is 47.4 Å². The molecule has 0 radical (unpaired) electrons. The maximum Gasteiger partial charge on any atom is 0.136 e. The van der Waals surface area contributed by atoms with Gasteiger partial charge in [0.05, 0.1) is 18.7 Å². The van der Waals surface area contributed by atoms with Crippen molar-refractivity contribution in [2.75, 3.05) is 7.11 Å². The van der Waals surface area contributed by atoms with E-state index in [0.29, 0.717) is 22.0 Å². The molecule has 0 saturated heterocycles. The first-order valence-electron chi connectivity index (χ1n) is 5.69. The van der Waals surface area contributed by atoms with Gasteiger partial charge in [-0.2, -0.15) is 5.26 Å². The van der Waals surface area contributed by atoms with Crippen LogP contribution >= 0.6 is 11.8 Å². The number of methoxy groups -OCH3 is 1. The molecule has 0 saturated carbocycles. The molecule has 0 fully saturated rings. The lowest BCUT2D eigenvalue weighted by Crippen LogP contribution is -1.92. The van der Waals surface area contributed by atoms with E-state index in [1.807, 2.05) is 0 Å². The molecule has 2 nitrogen and oxygen atoms in total. The number of benzene rings is 2. The summed E-state index contributed by atoms with van der Waals surface area (Å²) in [7, 11) is 1.58. The Morgan fingerprint density at radius 2 is 2.05 bits per heavy atom. The monoisotopic (exact) mass is 273 g/mol. The molecule has 2 rings (SSSR count). The maximum absolute atomic E-state index is 13.5. The van der Waals surface area contributed by atoms with Crippen molar-refractivity contribution in [3.05, 3.63) is 59.4 Å². The highest BCUT2D eigenvalue weighted by Crippen LogP contribution is 2.29. The predicted octanol–water partition coefficient (Wildman–Crippen LogP) is 4.00. The van der Waals surface area contributed by atoms with Crippen molar-refractivity contribution in [1.82, 2.24) is 0 Å². The van der Waals surface area contributed by atoms with Crippen LogP contribution in [-0.2, 0) is 5.75 Å². The van der Waals surface area contributed by atoms with E-state index in [1.54, 1.807) is 43.5 Å². The smallest absolute Gasteiger partial charge is 0.136 e. The number of rotatable bonds is 4. The Hall–Kier alpha value is -1.99. The third-order valence-electron chi connectivity index (χ3n) is 2.63. The molecule has 0 aliphatic carbocycles. The highest BCUT2D eigenvalue weighted by Gasteiger charge is 2.07. The number of hydrogen-bond donors (Lipinski definition) is 0. The SMILES string of the molecule is COc1ccc(C#N)cc1CSc1ccccc1F. The van der Waals surface area contributed by atoms with E-state index in [0.717, 1.165) is 5.56 Å². The molecule has 0 bridgehead atoms. The van der Waals surface area contributed by atoms with Crippen LogP contribution in [0, 0.1) is 17.1 Å². The molecule has 0 heterocycles. The summed E-state index contributed by atoms with van der Waals surface area (Å²) < 4.78 is 18.8. The Kier molecular flexibility index (Phi) is 4.43. The van der Waals surface area contributed by atoms with Crippen LogP contribution in [0.4, 0.5) is 4.39 Å². The molecule has 0 amide bonds. The zero-order valence-electron chi connectivity index (χ0n) is 10.4. The second kappa shape index (κ2) is 6.26. The lowest BCUT2D eigenvalue weighted by Gasteiger charge is -2.09. The normalized spacial score (nSPS) is 9.95. The van der Waals surface area contributed by atoms with Crippen molar-refractivity contribution < 1.29 is 9.13 Å². The molecule has 4 heteroatoms. The van der Waals surface area contributed by atoms with Crippen LogP contribution in [0.5, 0.6) is 5.75 Å². The van der Waals surface area contributed by atoms with E-state index >= 15 is 0 Å². The van der Waals surface area contributed by atoms with E-state index in [9.17, 15) is 4.39 Å². The number of thioether (sulfide) groups is 1. The van der Waals surface area contributed by atoms with Gasteiger partial charge in [0.15, 0.2) is 0 Å². The molecule has 0 aliphatic heterocycles. The summed E-state index contributed by atoms with van der Waals surface area (Å²) in [5.41, 5.74) is 1.46. The first-order chi connectivity index (χ1) is 9.24. The Balaban J connectivity index is 2.19. The molecule has 96 valence electrons. The average Bonchev–Trinajstić information content (AvgIpc) is 2.46. The van der Waals surface area contributed by atoms with Gasteiger partial charge in [0.1, 0.15) is 11.6 Å². The van der Waals surface area contributed by atoms with Crippen LogP contribution in [0.1, 0.15) is 11.1 Å². The van der Waals surface area contributed by atoms with Gasteiger partial charge in [-0.15, -0.1) is 11.8 Å². The third-order valence-corrected chi connectivity index (χ3v) is 3.73. The van der Waals surface area contributed by atoms with Gasteiger partial charge >= 0.3 is 0 Å². The van der Waals surface area contributed by atoms with E-state index in [-0.39, 0.29) is 5.82 Å². The number of ether oxygens (including phenoxy) is 1. The second-order valence-corrected chi connectivity index (χ2v) is 4.87. The lowest BCUT2D eigenvalue weighted by atomic mass is 10.1. The molecule has 2 aromatic carbocycles. The standard InChI is InChI=1S/C15H12FNOS/c1-18-14-7-6-11(9-17)8-12(14)10-19-15-5-3-2-4-13(15)16/h2-8H,10H2,1H3. The van der Waals surface area contributed by atoms with Gasteiger partial charge in [-0.1, -0.05) is 12.1 Å². The fourth-order valence-corrected chi connectivity index (χ4v) is 2.60. The topological polar surface area (TPSA) is 33.0 Å². The fourth-order valence-electron chi connectivity index (χ4n) is 1.68. The minimum absolute atomic E-state index is 0.233. The number of nitrogens with zero attached hydrogens (tertiary/aromatic N) is 1. The van der Waals surface area contributed by atoms with Crippen molar-refractivity contribution in [3.8, 4) is 11.8 Å². The van der Waals surface area contributed by atoms with Gasteiger partial charge in [0.2, 0.25) is 0 Å². The third kappa shape index (κ3) is 3.27. The van der Waals surface area contributed by atoms with Crippen molar-refractivity contribution in [1.29, 1.82) is 5.26 Å². The van der Waals surface area contributed by atoms with Crippen LogP contribution in [0.2, 0.25) is 0 Å². The Bertz CT molecular complexity index is 622. The predicted molar refractivity (Wildman–Crippen MR) is 73.7 cm³/mol. The number of hydrogen-bond acceptors (Lipinski definition) is 3. The van der Waals surface area contributed by atoms with Gasteiger partial charge in [0.25, 0.3) is 0 Å². The maximum atomic E-state index is 13.5. The first kappa shape index (κ1) is 13.4. The summed E-state index contributed by atoms with van der Waals surface area (Å²) in [6.45, 7) is 0. The van der Waals surface area contributed by atoms with E-state index in [4.69, 9.17) is 10.00 Å². The number of nitriles is 1. The average molecular weight is 273 g/mol. The van der Waals surface area contributed by atoms with Gasteiger partial charge in [-0.3, -0.25) is 0 Å². The molecule has 0 spiro atoms. The van der Waals surface area contributed by atoms with Crippen molar-refractivity contribution >= 4 is 11.8 Å². The Morgan fingerprint density at radius 1 is 1.26 bits per heavy atom. The highest BCUT2D eigenvalue weighted by atomic mass is 32.2. The summed E-state index contributed by atoms with van der Waals surface area (Å²) in [5.74, 6) is 1.03. The summed E-state index contributed by atoms with van der Waals surface area (Å²) >= 11 is 1.38. The summed E-state index contributed by atoms with van der Waals surface area (Å²) in [4.78, 5) is 0.590. The van der Waals surface area contributed by atoms with Crippen molar-refractivity contribution in [3.63, 3.8) is 0 Å². The first-order valence-corrected chi connectivity index (χ1v) is 6.67. The van der Waals surface area contributed by atoms with Crippen molar-refractivity contribution in [2.45, 2.75) is 10.6 Å². The van der Waals surface area contributed by atoms with Crippen LogP contribution in [-0.4, -0.2) is 7.11 Å². The molecule has 0 unspecified atom stereocenters. The zero-order chi connectivity index (χ0) is 13.7. The Morgan fingerprint density at radius 3 is 2.74 bits per heavy atom. The second-order valence-electron chi connectivity index (χ2n) is 3.86. The molecular weight excluding hydrogens is 261 g/mol. The quantitative estimate of drug-likeness (QED) is 0.789.